The molecule has 0 atom stereocenters. The molecule has 2 amide bonds. The molecule has 35 heavy (non-hydrogen) atoms. The van der Waals surface area contributed by atoms with Crippen molar-refractivity contribution in [3.63, 3.8) is 0 Å². The lowest BCUT2D eigenvalue weighted by atomic mass is 10.1. The number of imidazole rings is 1. The van der Waals surface area contributed by atoms with Gasteiger partial charge in [0, 0.05) is 23.5 Å². The fraction of sp³-hybridized carbons (Fsp3) is 0.200. The maximum atomic E-state index is 13.3. The van der Waals surface area contributed by atoms with Crippen LogP contribution in [0.2, 0.25) is 0 Å². The van der Waals surface area contributed by atoms with Crippen molar-refractivity contribution in [1.82, 2.24) is 14.7 Å². The van der Waals surface area contributed by atoms with E-state index >= 15 is 0 Å². The SMILES string of the molecule is CC(C)Oc1cc(NC(=O)NCC(F)(F)F)cc(-c2cnc3cc(-c4ccc(F)cc4)ccn23)c1. The number of anilines is 1. The second-order valence-corrected chi connectivity index (χ2v) is 8.13. The number of urea groups is 1. The van der Waals surface area contributed by atoms with E-state index in [1.165, 1.54) is 18.2 Å². The first-order valence-electron chi connectivity index (χ1n) is 10.7. The van der Waals surface area contributed by atoms with Gasteiger partial charge in [0.2, 0.25) is 0 Å². The molecule has 0 bridgehead atoms. The van der Waals surface area contributed by atoms with Crippen molar-refractivity contribution in [2.75, 3.05) is 11.9 Å². The first-order valence-corrected chi connectivity index (χ1v) is 10.7. The van der Waals surface area contributed by atoms with Gasteiger partial charge in [0.1, 0.15) is 23.8 Å². The molecular weight excluding hydrogens is 464 g/mol. The fourth-order valence-electron chi connectivity index (χ4n) is 3.53. The van der Waals surface area contributed by atoms with Gasteiger partial charge in [0.15, 0.2) is 0 Å². The van der Waals surface area contributed by atoms with Gasteiger partial charge in [-0.2, -0.15) is 13.2 Å². The Hall–Kier alpha value is -4.08. The Morgan fingerprint density at radius 2 is 1.77 bits per heavy atom. The highest BCUT2D eigenvalue weighted by Crippen LogP contribution is 2.31. The molecule has 2 aromatic carbocycles. The second-order valence-electron chi connectivity index (χ2n) is 8.13. The number of fused-ring (bicyclic) bond motifs is 1. The number of ether oxygens (including phenoxy) is 1. The minimum Gasteiger partial charge on any atom is -0.491 e. The number of hydrogen-bond acceptors (Lipinski definition) is 3. The van der Waals surface area contributed by atoms with Crippen LogP contribution in [0.1, 0.15) is 13.8 Å². The standard InChI is InChI=1S/C25H22F4N4O2/c1-15(2)35-21-10-18(9-20(12-21)32-24(34)31-14-25(27,28)29)22-13-30-23-11-17(7-8-33(22)23)16-3-5-19(26)6-4-16/h3-13,15H,14H2,1-2H3,(H2,31,32,34). The Kier molecular flexibility index (Phi) is 6.63. The number of nitrogens with one attached hydrogen (secondary N) is 2. The maximum Gasteiger partial charge on any atom is 0.405 e. The summed E-state index contributed by atoms with van der Waals surface area (Å²) in [5.74, 6) is 0.111. The monoisotopic (exact) mass is 486 g/mol. The number of nitrogens with zero attached hydrogens (tertiary/aromatic N) is 2. The minimum absolute atomic E-state index is 0.169. The van der Waals surface area contributed by atoms with Crippen molar-refractivity contribution in [1.29, 1.82) is 0 Å². The molecule has 0 spiro atoms. The molecule has 6 nitrogen and oxygen atoms in total. The Morgan fingerprint density at radius 1 is 1.03 bits per heavy atom. The summed E-state index contributed by atoms with van der Waals surface area (Å²) in [5, 5.41) is 4.21. The van der Waals surface area contributed by atoms with E-state index < -0.39 is 18.8 Å². The molecule has 10 heteroatoms. The van der Waals surface area contributed by atoms with Crippen LogP contribution in [-0.4, -0.2) is 34.2 Å². The molecule has 0 saturated carbocycles. The quantitative estimate of drug-likeness (QED) is 0.315. The smallest absolute Gasteiger partial charge is 0.405 e. The molecule has 2 aromatic heterocycles. The predicted molar refractivity (Wildman–Crippen MR) is 125 cm³/mol. The van der Waals surface area contributed by atoms with Crippen LogP contribution in [0.25, 0.3) is 28.0 Å². The Morgan fingerprint density at radius 3 is 2.46 bits per heavy atom. The third-order valence-corrected chi connectivity index (χ3v) is 4.97. The van der Waals surface area contributed by atoms with Crippen LogP contribution in [0.15, 0.2) is 67.0 Å². The van der Waals surface area contributed by atoms with E-state index in [4.69, 9.17) is 4.74 Å². The number of hydrogen-bond donors (Lipinski definition) is 2. The summed E-state index contributed by atoms with van der Waals surface area (Å²) in [4.78, 5) is 16.5. The highest BCUT2D eigenvalue weighted by Gasteiger charge is 2.27. The second kappa shape index (κ2) is 9.65. The molecule has 0 unspecified atom stereocenters. The Balaban J connectivity index is 1.67. The third kappa shape index (κ3) is 6.08. The van der Waals surface area contributed by atoms with Gasteiger partial charge in [0.05, 0.1) is 18.0 Å². The first kappa shape index (κ1) is 24.1. The molecule has 2 N–H and O–H groups in total. The van der Waals surface area contributed by atoms with E-state index in [2.05, 4.69) is 10.3 Å². The Labute approximate surface area is 198 Å². The van der Waals surface area contributed by atoms with Gasteiger partial charge in [-0.25, -0.2) is 14.2 Å². The van der Waals surface area contributed by atoms with E-state index in [-0.39, 0.29) is 17.6 Å². The largest absolute Gasteiger partial charge is 0.491 e. The summed E-state index contributed by atoms with van der Waals surface area (Å²) in [6, 6.07) is 13.8. The number of aromatic nitrogens is 2. The minimum atomic E-state index is -4.52. The average molecular weight is 486 g/mol. The average Bonchev–Trinajstić information content (AvgIpc) is 3.20. The van der Waals surface area contributed by atoms with Gasteiger partial charge in [-0.15, -0.1) is 0 Å². The van der Waals surface area contributed by atoms with Crippen molar-refractivity contribution in [3.05, 3.63) is 72.8 Å². The summed E-state index contributed by atoms with van der Waals surface area (Å²) in [6.45, 7) is 2.22. The molecular formula is C25H22F4N4O2. The summed E-state index contributed by atoms with van der Waals surface area (Å²) in [5.41, 5.74) is 3.90. The molecule has 0 aliphatic carbocycles. The fourth-order valence-corrected chi connectivity index (χ4v) is 3.53. The van der Waals surface area contributed by atoms with Crippen molar-refractivity contribution < 1.29 is 27.1 Å². The zero-order chi connectivity index (χ0) is 25.2. The van der Waals surface area contributed by atoms with E-state index in [1.54, 1.807) is 35.8 Å². The topological polar surface area (TPSA) is 67.7 Å². The zero-order valence-corrected chi connectivity index (χ0v) is 18.9. The first-order chi connectivity index (χ1) is 16.6. The molecule has 0 radical (unpaired) electrons. The number of pyridine rings is 1. The molecule has 0 saturated heterocycles. The van der Waals surface area contributed by atoms with Crippen LogP contribution in [0.4, 0.5) is 28.0 Å². The third-order valence-electron chi connectivity index (χ3n) is 4.97. The van der Waals surface area contributed by atoms with Gasteiger partial charge in [-0.3, -0.25) is 4.40 Å². The van der Waals surface area contributed by atoms with Crippen LogP contribution in [0, 0.1) is 5.82 Å². The number of carbonyl (C=O) groups excluding carboxylic acids is 1. The lowest BCUT2D eigenvalue weighted by molar-refractivity contribution is -0.122. The summed E-state index contributed by atoms with van der Waals surface area (Å²) >= 11 is 0. The lowest BCUT2D eigenvalue weighted by Gasteiger charge is -2.15. The number of halogens is 4. The van der Waals surface area contributed by atoms with Crippen LogP contribution < -0.4 is 15.4 Å². The molecule has 182 valence electrons. The van der Waals surface area contributed by atoms with Crippen molar-refractivity contribution in [2.45, 2.75) is 26.1 Å². The van der Waals surface area contributed by atoms with Gasteiger partial charge >= 0.3 is 12.2 Å². The molecule has 2 heterocycles. The number of alkyl halides is 3. The predicted octanol–water partition coefficient (Wildman–Crippen LogP) is 6.28. The molecule has 4 rings (SSSR count). The van der Waals surface area contributed by atoms with Gasteiger partial charge in [-0.1, -0.05) is 12.1 Å². The van der Waals surface area contributed by atoms with Gasteiger partial charge in [-0.05, 0) is 61.4 Å². The lowest BCUT2D eigenvalue weighted by Crippen LogP contribution is -2.36. The van der Waals surface area contributed by atoms with Gasteiger partial charge < -0.3 is 15.4 Å². The highest BCUT2D eigenvalue weighted by atomic mass is 19.4. The number of rotatable bonds is 6. The zero-order valence-electron chi connectivity index (χ0n) is 18.9. The number of amides is 2. The van der Waals surface area contributed by atoms with Crippen molar-refractivity contribution in [2.24, 2.45) is 0 Å². The number of carbonyl (C=O) groups is 1. The normalized spacial score (nSPS) is 11.6. The number of benzene rings is 2. The van der Waals surface area contributed by atoms with Crippen LogP contribution in [0.3, 0.4) is 0 Å². The molecule has 0 aliphatic heterocycles. The molecule has 4 aromatic rings. The molecule has 0 aliphatic rings. The van der Waals surface area contributed by atoms with Gasteiger partial charge in [0.25, 0.3) is 0 Å². The van der Waals surface area contributed by atoms with Crippen LogP contribution in [0.5, 0.6) is 5.75 Å². The molecule has 0 fully saturated rings. The summed E-state index contributed by atoms with van der Waals surface area (Å²) in [6.07, 6.45) is -1.23. The maximum absolute atomic E-state index is 13.3. The van der Waals surface area contributed by atoms with E-state index in [0.29, 0.717) is 22.7 Å². The van der Waals surface area contributed by atoms with Crippen LogP contribution >= 0.6 is 0 Å². The Bertz CT molecular complexity index is 1350. The van der Waals surface area contributed by atoms with E-state index in [1.807, 2.05) is 36.6 Å². The highest BCUT2D eigenvalue weighted by molar-refractivity contribution is 5.90. The van der Waals surface area contributed by atoms with Crippen molar-refractivity contribution >= 4 is 17.4 Å². The van der Waals surface area contributed by atoms with E-state index in [9.17, 15) is 22.4 Å². The van der Waals surface area contributed by atoms with Crippen LogP contribution in [-0.2, 0) is 0 Å². The van der Waals surface area contributed by atoms with E-state index in [0.717, 1.165) is 11.1 Å². The summed E-state index contributed by atoms with van der Waals surface area (Å²) in [7, 11) is 0. The van der Waals surface area contributed by atoms with Crippen molar-refractivity contribution in [3.8, 4) is 28.1 Å². The summed E-state index contributed by atoms with van der Waals surface area (Å²) < 4.78 is 58.1.